The fraction of sp³-hybridized carbons (Fsp3) is 0.552. The van der Waals surface area contributed by atoms with Crippen LogP contribution in [0.5, 0.6) is 0 Å². The number of amides is 1. The van der Waals surface area contributed by atoms with Gasteiger partial charge >= 0.3 is 0 Å². The van der Waals surface area contributed by atoms with Gasteiger partial charge < -0.3 is 4.90 Å². The average molecular weight is 542 g/mol. The zero-order valence-corrected chi connectivity index (χ0v) is 22.4. The number of piperidine rings is 1. The van der Waals surface area contributed by atoms with Crippen LogP contribution >= 0.6 is 0 Å². The number of halogens is 2. The molecular weight excluding hydrogens is 508 g/mol. The van der Waals surface area contributed by atoms with Crippen LogP contribution in [0.3, 0.4) is 0 Å². The summed E-state index contributed by atoms with van der Waals surface area (Å²) in [6.45, 7) is 1.97. The highest BCUT2D eigenvalue weighted by molar-refractivity contribution is 7.92. The molecule has 0 radical (unpaired) electrons. The Labute approximate surface area is 222 Å². The summed E-state index contributed by atoms with van der Waals surface area (Å²) >= 11 is 0. The van der Waals surface area contributed by atoms with Gasteiger partial charge in [-0.15, -0.1) is 0 Å². The fourth-order valence-corrected chi connectivity index (χ4v) is 7.98. The van der Waals surface area contributed by atoms with Crippen LogP contribution in [0.4, 0.5) is 20.2 Å². The van der Waals surface area contributed by atoms with Crippen molar-refractivity contribution in [1.82, 2.24) is 4.90 Å². The topological polar surface area (TPSA) is 69.7 Å². The number of hydrogen-bond donors (Lipinski definition) is 1. The van der Waals surface area contributed by atoms with E-state index in [-0.39, 0.29) is 11.3 Å². The van der Waals surface area contributed by atoms with Crippen LogP contribution < -0.4 is 9.62 Å². The number of nitrogens with one attached hydrogen (secondary N) is 1. The molecule has 0 unspecified atom stereocenters. The van der Waals surface area contributed by atoms with Crippen molar-refractivity contribution in [2.45, 2.75) is 56.4 Å². The molecule has 38 heavy (non-hydrogen) atoms. The Morgan fingerprint density at radius 3 is 2.34 bits per heavy atom. The van der Waals surface area contributed by atoms with E-state index in [1.807, 2.05) is 41.3 Å². The van der Waals surface area contributed by atoms with E-state index < -0.39 is 27.8 Å². The summed E-state index contributed by atoms with van der Waals surface area (Å²) in [7, 11) is -3.42. The lowest BCUT2D eigenvalue weighted by Crippen LogP contribution is -2.40. The van der Waals surface area contributed by atoms with Crippen molar-refractivity contribution in [3.05, 3.63) is 59.2 Å². The van der Waals surface area contributed by atoms with Gasteiger partial charge in [0.2, 0.25) is 10.0 Å². The number of sulfonamides is 1. The van der Waals surface area contributed by atoms with E-state index in [4.69, 9.17) is 0 Å². The molecule has 2 atom stereocenters. The summed E-state index contributed by atoms with van der Waals surface area (Å²) in [5.74, 6) is -3.60. The van der Waals surface area contributed by atoms with E-state index in [0.717, 1.165) is 48.8 Å². The number of nitrogens with zero attached hydrogens (tertiary/aromatic N) is 2. The standard InChI is InChI=1S/C29H33F2N3O3S/c1-38(36,37)32-21-5-6-25-22(14-21)28(11-9-27(7-8-27)10-12-28)18-34(25)26(35)20-4-2-3-19(13-20)15-33-16-23-24(17-33)29(23,30)31/h2-6,13-14,23-24,32H,7-12,15-18H2,1H3/t23-,24+. The molecule has 2 aromatic rings. The van der Waals surface area contributed by atoms with Crippen LogP contribution in [0.25, 0.3) is 0 Å². The number of anilines is 2. The summed E-state index contributed by atoms with van der Waals surface area (Å²) in [6.07, 6.45) is 8.00. The molecule has 0 aromatic heterocycles. The van der Waals surface area contributed by atoms with Gasteiger partial charge in [0.1, 0.15) is 0 Å². The van der Waals surface area contributed by atoms with E-state index in [1.165, 1.54) is 12.8 Å². The maximum absolute atomic E-state index is 13.9. The number of benzene rings is 2. The third-order valence-electron chi connectivity index (χ3n) is 9.95. The molecular formula is C29H33F2N3O3S. The fourth-order valence-electron chi connectivity index (χ4n) is 7.43. The normalized spacial score (nSPS) is 27.8. The molecule has 2 spiro atoms. The highest BCUT2D eigenvalue weighted by Crippen LogP contribution is 2.62. The van der Waals surface area contributed by atoms with E-state index in [0.29, 0.717) is 42.8 Å². The molecule has 1 N–H and O–H groups in total. The highest BCUT2D eigenvalue weighted by Gasteiger charge is 2.71. The monoisotopic (exact) mass is 541 g/mol. The second kappa shape index (κ2) is 8.01. The molecule has 1 saturated heterocycles. The minimum Gasteiger partial charge on any atom is -0.307 e. The van der Waals surface area contributed by atoms with Crippen LogP contribution in [0.1, 0.15) is 60.0 Å². The Morgan fingerprint density at radius 2 is 1.68 bits per heavy atom. The highest BCUT2D eigenvalue weighted by atomic mass is 32.2. The zero-order valence-electron chi connectivity index (χ0n) is 21.6. The Morgan fingerprint density at radius 1 is 1.00 bits per heavy atom. The number of fused-ring (bicyclic) bond motifs is 3. The van der Waals surface area contributed by atoms with Gasteiger partial charge in [0.05, 0.1) is 6.26 Å². The van der Waals surface area contributed by atoms with Crippen LogP contribution in [0, 0.1) is 17.3 Å². The first-order valence-electron chi connectivity index (χ1n) is 13.6. The molecule has 4 fully saturated rings. The zero-order chi connectivity index (χ0) is 26.5. The molecule has 2 aliphatic heterocycles. The van der Waals surface area contributed by atoms with Crippen molar-refractivity contribution < 1.29 is 22.0 Å². The maximum Gasteiger partial charge on any atom is 0.258 e. The molecule has 2 aromatic carbocycles. The predicted octanol–water partition coefficient (Wildman–Crippen LogP) is 5.01. The van der Waals surface area contributed by atoms with Gasteiger partial charge in [-0.25, -0.2) is 17.2 Å². The van der Waals surface area contributed by atoms with Crippen molar-refractivity contribution in [2.24, 2.45) is 17.3 Å². The summed E-state index contributed by atoms with van der Waals surface area (Å²) in [5.41, 5.74) is 4.30. The van der Waals surface area contributed by atoms with Crippen molar-refractivity contribution in [1.29, 1.82) is 0 Å². The predicted molar refractivity (Wildman–Crippen MR) is 142 cm³/mol. The first kappa shape index (κ1) is 24.5. The van der Waals surface area contributed by atoms with Gasteiger partial charge in [-0.1, -0.05) is 12.1 Å². The second-order valence-electron chi connectivity index (χ2n) is 12.6. The first-order valence-corrected chi connectivity index (χ1v) is 15.5. The van der Waals surface area contributed by atoms with Crippen molar-refractivity contribution >= 4 is 27.3 Å². The summed E-state index contributed by atoms with van der Waals surface area (Å²) in [5, 5.41) is 0. The van der Waals surface area contributed by atoms with Gasteiger partial charge in [0, 0.05) is 60.4 Å². The van der Waals surface area contributed by atoms with E-state index in [9.17, 15) is 22.0 Å². The first-order chi connectivity index (χ1) is 18.0. The molecule has 2 heterocycles. The largest absolute Gasteiger partial charge is 0.307 e. The van der Waals surface area contributed by atoms with Gasteiger partial charge in [-0.3, -0.25) is 14.4 Å². The minimum absolute atomic E-state index is 0.0729. The van der Waals surface area contributed by atoms with Gasteiger partial charge in [0.15, 0.2) is 0 Å². The molecule has 5 aliphatic rings. The molecule has 3 saturated carbocycles. The Kier molecular flexibility index (Phi) is 5.17. The number of alkyl halides is 2. The van der Waals surface area contributed by atoms with E-state index in [1.54, 1.807) is 6.07 Å². The molecule has 0 bridgehead atoms. The van der Waals surface area contributed by atoms with E-state index in [2.05, 4.69) is 9.62 Å². The average Bonchev–Trinajstić information content (AvgIpc) is 3.58. The number of hydrogen-bond acceptors (Lipinski definition) is 4. The molecule has 1 amide bonds. The summed E-state index contributed by atoms with van der Waals surface area (Å²) in [6, 6.07) is 13.1. The van der Waals surface area contributed by atoms with Crippen molar-refractivity contribution in [3.63, 3.8) is 0 Å². The van der Waals surface area contributed by atoms with Crippen LogP contribution in [-0.4, -0.2) is 51.0 Å². The number of carbonyl (C=O) groups is 1. The second-order valence-corrected chi connectivity index (χ2v) is 14.3. The maximum atomic E-state index is 13.9. The van der Waals surface area contributed by atoms with Crippen LogP contribution in [0.2, 0.25) is 0 Å². The lowest BCUT2D eigenvalue weighted by atomic mass is 9.66. The summed E-state index contributed by atoms with van der Waals surface area (Å²) in [4.78, 5) is 17.9. The summed E-state index contributed by atoms with van der Waals surface area (Å²) < 4.78 is 53.6. The van der Waals surface area contributed by atoms with Gasteiger partial charge in [0.25, 0.3) is 11.8 Å². The Bertz CT molecular complexity index is 1410. The van der Waals surface area contributed by atoms with Crippen molar-refractivity contribution in [2.75, 3.05) is 35.5 Å². The third-order valence-corrected chi connectivity index (χ3v) is 10.6. The van der Waals surface area contributed by atoms with Gasteiger partial charge in [-0.05, 0) is 85.4 Å². The number of likely N-dealkylation sites (tertiary alicyclic amines) is 1. The molecule has 9 heteroatoms. The van der Waals surface area contributed by atoms with Crippen molar-refractivity contribution in [3.8, 4) is 0 Å². The van der Waals surface area contributed by atoms with Crippen LogP contribution in [0.15, 0.2) is 42.5 Å². The smallest absolute Gasteiger partial charge is 0.258 e. The quantitative estimate of drug-likeness (QED) is 0.578. The number of carbonyl (C=O) groups excluding carboxylic acids is 1. The third kappa shape index (κ3) is 4.04. The number of rotatable bonds is 5. The Hall–Kier alpha value is -2.52. The SMILES string of the molecule is CS(=O)(=O)Nc1ccc2c(c1)C1(CCC3(CC3)CC1)CN2C(=O)c1cccc(CN2C[C@@H]3[C@H](C2)C3(F)F)c1. The van der Waals surface area contributed by atoms with E-state index >= 15 is 0 Å². The minimum atomic E-state index is -3.42. The van der Waals surface area contributed by atoms with Gasteiger partial charge in [-0.2, -0.15) is 0 Å². The lowest BCUT2D eigenvalue weighted by molar-refractivity contribution is 0.0519. The molecule has 6 nitrogen and oxygen atoms in total. The molecule has 202 valence electrons. The van der Waals surface area contributed by atoms with Crippen LogP contribution in [-0.2, 0) is 22.0 Å². The molecule has 7 rings (SSSR count). The molecule has 3 aliphatic carbocycles. The Balaban J connectivity index is 1.15. The lowest BCUT2D eigenvalue weighted by Gasteiger charge is -2.38.